The van der Waals surface area contributed by atoms with Gasteiger partial charge >= 0.3 is 0 Å². The van der Waals surface area contributed by atoms with E-state index in [0.29, 0.717) is 11.8 Å². The van der Waals surface area contributed by atoms with E-state index in [-0.39, 0.29) is 18.2 Å². The summed E-state index contributed by atoms with van der Waals surface area (Å²) in [6.07, 6.45) is 6.94. The van der Waals surface area contributed by atoms with Gasteiger partial charge in [-0.15, -0.1) is 12.4 Å². The molecule has 0 aromatic heterocycles. The third-order valence-corrected chi connectivity index (χ3v) is 6.62. The summed E-state index contributed by atoms with van der Waals surface area (Å²) in [5.74, 6) is 2.20. The van der Waals surface area contributed by atoms with Crippen molar-refractivity contribution in [2.45, 2.75) is 51.5 Å². The first kappa shape index (κ1) is 23.6. The van der Waals surface area contributed by atoms with E-state index in [1.807, 2.05) is 12.1 Å². The van der Waals surface area contributed by atoms with Crippen LogP contribution >= 0.6 is 12.4 Å². The molecule has 1 atom stereocenters. The number of hydrogen-bond acceptors (Lipinski definition) is 5. The lowest BCUT2D eigenvalue weighted by Gasteiger charge is -2.42. The van der Waals surface area contributed by atoms with E-state index in [0.717, 1.165) is 54.1 Å². The quantitative estimate of drug-likeness (QED) is 0.538. The van der Waals surface area contributed by atoms with Crippen LogP contribution in [0.5, 0.6) is 23.0 Å². The molecule has 0 fully saturated rings. The second-order valence-electron chi connectivity index (χ2n) is 8.31. The molecule has 6 heteroatoms. The first-order chi connectivity index (χ1) is 14.6. The van der Waals surface area contributed by atoms with E-state index in [4.69, 9.17) is 14.2 Å². The highest BCUT2D eigenvalue weighted by molar-refractivity contribution is 5.85. The topological polar surface area (TPSA) is 51.2 Å². The Morgan fingerprint density at radius 3 is 2.42 bits per heavy atom. The van der Waals surface area contributed by atoms with Gasteiger partial charge in [-0.1, -0.05) is 26.2 Å². The first-order valence-corrected chi connectivity index (χ1v) is 11.0. The van der Waals surface area contributed by atoms with Crippen molar-refractivity contribution in [3.05, 3.63) is 34.9 Å². The molecule has 2 aromatic carbocycles. The fourth-order valence-corrected chi connectivity index (χ4v) is 5.14. The summed E-state index contributed by atoms with van der Waals surface area (Å²) in [7, 11) is 4.98. The van der Waals surface area contributed by atoms with Gasteiger partial charge in [-0.05, 0) is 66.3 Å². The maximum atomic E-state index is 10.4. The largest absolute Gasteiger partial charge is 0.504 e. The van der Waals surface area contributed by atoms with Crippen LogP contribution in [0.2, 0.25) is 0 Å². The number of phenolic OH excluding ortho intramolecular Hbond substituents is 1. The zero-order valence-corrected chi connectivity index (χ0v) is 19.8. The number of ether oxygens (including phenoxy) is 3. The molecule has 2 aliphatic rings. The Kier molecular flexibility index (Phi) is 7.60. The van der Waals surface area contributed by atoms with E-state index in [1.54, 1.807) is 21.3 Å². The standard InChI is InChI=1S/C25H33NO4.ClH/c1-5-6-7-8-10-26-11-9-16-14-22(29-3)25(30-4)24-18-15-21(28-2)20(27)13-17(18)12-19(26)23(16)24;/h13-15,19,27H,5-12H2,1-4H3;1H/t19-;/m0./s1. The van der Waals surface area contributed by atoms with Crippen LogP contribution in [0.1, 0.15) is 55.3 Å². The number of phenols is 1. The van der Waals surface area contributed by atoms with Gasteiger partial charge in [-0.2, -0.15) is 0 Å². The molecular formula is C25H34ClNO4. The average molecular weight is 448 g/mol. The average Bonchev–Trinajstić information content (AvgIpc) is 2.76. The van der Waals surface area contributed by atoms with Crippen LogP contribution in [-0.4, -0.2) is 44.4 Å². The Morgan fingerprint density at radius 1 is 0.968 bits per heavy atom. The monoisotopic (exact) mass is 447 g/mol. The van der Waals surface area contributed by atoms with Crippen LogP contribution in [-0.2, 0) is 12.8 Å². The number of aromatic hydroxyl groups is 1. The zero-order valence-electron chi connectivity index (χ0n) is 19.0. The van der Waals surface area contributed by atoms with Gasteiger partial charge in [0.2, 0.25) is 0 Å². The smallest absolute Gasteiger partial charge is 0.168 e. The Hall–Kier alpha value is -2.11. The number of hydrogen-bond donors (Lipinski definition) is 1. The molecule has 31 heavy (non-hydrogen) atoms. The van der Waals surface area contributed by atoms with Crippen molar-refractivity contribution in [2.24, 2.45) is 0 Å². The number of unbranched alkanes of at least 4 members (excludes halogenated alkanes) is 3. The number of rotatable bonds is 8. The van der Waals surface area contributed by atoms with E-state index >= 15 is 0 Å². The normalized spacial score (nSPS) is 16.7. The number of benzene rings is 2. The highest BCUT2D eigenvalue weighted by Crippen LogP contribution is 2.54. The highest BCUT2D eigenvalue weighted by Gasteiger charge is 2.37. The molecule has 170 valence electrons. The zero-order chi connectivity index (χ0) is 21.3. The SMILES string of the molecule is CCCCCCN1CCc2cc(OC)c(OC)c3c2[C@@H]1Cc1cc(O)c(OC)cc1-3.Cl. The summed E-state index contributed by atoms with van der Waals surface area (Å²) in [5.41, 5.74) is 5.99. The third kappa shape index (κ3) is 4.18. The second kappa shape index (κ2) is 10.0. The molecule has 4 rings (SSSR count). The van der Waals surface area contributed by atoms with Crippen LogP contribution in [0.25, 0.3) is 11.1 Å². The first-order valence-electron chi connectivity index (χ1n) is 11.0. The fraction of sp³-hybridized carbons (Fsp3) is 0.520. The van der Waals surface area contributed by atoms with Crippen molar-refractivity contribution in [3.63, 3.8) is 0 Å². The van der Waals surface area contributed by atoms with Crippen molar-refractivity contribution in [1.29, 1.82) is 0 Å². The van der Waals surface area contributed by atoms with Gasteiger partial charge in [0.25, 0.3) is 0 Å². The molecule has 1 N–H and O–H groups in total. The summed E-state index contributed by atoms with van der Waals surface area (Å²) in [6.45, 7) is 4.41. The highest BCUT2D eigenvalue weighted by atomic mass is 35.5. The molecule has 0 bridgehead atoms. The molecular weight excluding hydrogens is 414 g/mol. The van der Waals surface area contributed by atoms with Crippen LogP contribution < -0.4 is 14.2 Å². The number of fused-ring (bicyclic) bond motifs is 2. The van der Waals surface area contributed by atoms with Crippen LogP contribution in [0.4, 0.5) is 0 Å². The lowest BCUT2D eigenvalue weighted by molar-refractivity contribution is 0.178. The van der Waals surface area contributed by atoms with Crippen molar-refractivity contribution >= 4 is 12.4 Å². The van der Waals surface area contributed by atoms with Gasteiger partial charge in [-0.3, -0.25) is 4.90 Å². The Labute approximate surface area is 191 Å². The summed E-state index contributed by atoms with van der Waals surface area (Å²) < 4.78 is 17.0. The van der Waals surface area contributed by atoms with Gasteiger partial charge in [-0.25, -0.2) is 0 Å². The molecule has 0 radical (unpaired) electrons. The van der Waals surface area contributed by atoms with E-state index in [2.05, 4.69) is 17.9 Å². The Balaban J connectivity index is 0.00000272. The maximum Gasteiger partial charge on any atom is 0.168 e. The molecule has 1 aliphatic carbocycles. The minimum absolute atomic E-state index is 0. The molecule has 0 saturated carbocycles. The van der Waals surface area contributed by atoms with Crippen molar-refractivity contribution in [2.75, 3.05) is 34.4 Å². The lowest BCUT2D eigenvalue weighted by Crippen LogP contribution is -2.39. The number of nitrogens with zero attached hydrogens (tertiary/aromatic N) is 1. The van der Waals surface area contributed by atoms with E-state index in [1.165, 1.54) is 36.8 Å². The molecule has 5 nitrogen and oxygen atoms in total. The number of methoxy groups -OCH3 is 3. The number of halogens is 1. The summed E-state index contributed by atoms with van der Waals surface area (Å²) in [4.78, 5) is 2.62. The minimum Gasteiger partial charge on any atom is -0.504 e. The summed E-state index contributed by atoms with van der Waals surface area (Å²) in [5, 5.41) is 10.4. The third-order valence-electron chi connectivity index (χ3n) is 6.62. The summed E-state index contributed by atoms with van der Waals surface area (Å²) in [6, 6.07) is 6.26. The van der Waals surface area contributed by atoms with Crippen LogP contribution in [0, 0.1) is 0 Å². The second-order valence-corrected chi connectivity index (χ2v) is 8.31. The predicted molar refractivity (Wildman–Crippen MR) is 126 cm³/mol. The van der Waals surface area contributed by atoms with E-state index in [9.17, 15) is 5.11 Å². The van der Waals surface area contributed by atoms with E-state index < -0.39 is 0 Å². The van der Waals surface area contributed by atoms with Crippen molar-refractivity contribution in [3.8, 4) is 34.1 Å². The molecule has 0 saturated heterocycles. The Bertz CT molecular complexity index is 930. The van der Waals surface area contributed by atoms with Gasteiger partial charge in [0.05, 0.1) is 21.3 Å². The van der Waals surface area contributed by atoms with Gasteiger partial charge in [0.1, 0.15) is 0 Å². The molecule has 1 aliphatic heterocycles. The molecule has 0 spiro atoms. The van der Waals surface area contributed by atoms with Gasteiger partial charge < -0.3 is 19.3 Å². The van der Waals surface area contributed by atoms with Crippen molar-refractivity contribution in [1.82, 2.24) is 4.90 Å². The van der Waals surface area contributed by atoms with Gasteiger partial charge in [0, 0.05) is 18.2 Å². The van der Waals surface area contributed by atoms with Crippen LogP contribution in [0.15, 0.2) is 18.2 Å². The maximum absolute atomic E-state index is 10.4. The molecule has 0 unspecified atom stereocenters. The minimum atomic E-state index is 0. The molecule has 2 aromatic rings. The molecule has 1 heterocycles. The Morgan fingerprint density at radius 2 is 1.74 bits per heavy atom. The summed E-state index contributed by atoms with van der Waals surface area (Å²) >= 11 is 0. The van der Waals surface area contributed by atoms with Crippen molar-refractivity contribution < 1.29 is 19.3 Å². The molecule has 0 amide bonds. The predicted octanol–water partition coefficient (Wildman–Crippen LogP) is 5.54. The lowest BCUT2D eigenvalue weighted by atomic mass is 9.76. The fourth-order valence-electron chi connectivity index (χ4n) is 5.14. The van der Waals surface area contributed by atoms with Gasteiger partial charge in [0.15, 0.2) is 23.0 Å². The van der Waals surface area contributed by atoms with Crippen LogP contribution in [0.3, 0.4) is 0 Å².